The van der Waals surface area contributed by atoms with Gasteiger partial charge in [0.2, 0.25) is 0 Å². The molecule has 1 rings (SSSR count). The van der Waals surface area contributed by atoms with Gasteiger partial charge >= 0.3 is 0 Å². The molecular formula is C6H7BrN4. The molecule has 0 aromatic carbocycles. The van der Waals surface area contributed by atoms with Crippen LogP contribution in [0.4, 0.5) is 5.82 Å². The fraction of sp³-hybridized carbons (Fsp3) is 0. The van der Waals surface area contributed by atoms with Gasteiger partial charge in [-0.15, -0.1) is 0 Å². The molecular weight excluding hydrogens is 208 g/mol. The minimum atomic E-state index is 0.292. The van der Waals surface area contributed by atoms with Crippen LogP contribution in [0.5, 0.6) is 0 Å². The van der Waals surface area contributed by atoms with Crippen molar-refractivity contribution in [2.75, 3.05) is 5.73 Å². The van der Waals surface area contributed by atoms with E-state index in [1.165, 1.54) is 6.20 Å². The zero-order valence-corrected chi connectivity index (χ0v) is 7.30. The first-order chi connectivity index (χ1) is 5.11. The summed E-state index contributed by atoms with van der Waals surface area (Å²) in [6.45, 7) is 3.50. The number of rotatable bonds is 1. The molecule has 0 saturated carbocycles. The number of nitrogen functional groups attached to an aromatic ring is 1. The summed E-state index contributed by atoms with van der Waals surface area (Å²) < 4.78 is 0.591. The molecule has 0 aliphatic carbocycles. The predicted molar refractivity (Wildman–Crippen MR) is 47.4 cm³/mol. The van der Waals surface area contributed by atoms with Crippen LogP contribution in [0.25, 0.3) is 5.70 Å². The van der Waals surface area contributed by atoms with Gasteiger partial charge in [-0.05, 0) is 15.9 Å². The average molecular weight is 215 g/mol. The quantitative estimate of drug-likeness (QED) is 0.724. The minimum absolute atomic E-state index is 0.292. The Morgan fingerprint density at radius 3 is 2.73 bits per heavy atom. The summed E-state index contributed by atoms with van der Waals surface area (Å²) in [7, 11) is 0. The first-order valence-electron chi connectivity index (χ1n) is 2.84. The Morgan fingerprint density at radius 1 is 1.64 bits per heavy atom. The normalized spacial score (nSPS) is 9.55. The summed E-state index contributed by atoms with van der Waals surface area (Å²) in [5.41, 5.74) is 11.6. The maximum atomic E-state index is 5.46. The number of aromatic nitrogens is 2. The van der Waals surface area contributed by atoms with Crippen molar-refractivity contribution in [3.8, 4) is 0 Å². The number of anilines is 1. The van der Waals surface area contributed by atoms with Crippen LogP contribution < -0.4 is 11.5 Å². The van der Waals surface area contributed by atoms with E-state index in [-0.39, 0.29) is 0 Å². The van der Waals surface area contributed by atoms with Gasteiger partial charge in [-0.2, -0.15) is 0 Å². The molecule has 0 radical (unpaired) electrons. The maximum absolute atomic E-state index is 5.46. The van der Waals surface area contributed by atoms with Crippen molar-refractivity contribution in [3.63, 3.8) is 0 Å². The fourth-order valence-corrected chi connectivity index (χ4v) is 0.893. The van der Waals surface area contributed by atoms with E-state index < -0.39 is 0 Å². The number of nitrogens with two attached hydrogens (primary N) is 2. The molecule has 4 N–H and O–H groups in total. The van der Waals surface area contributed by atoms with Gasteiger partial charge < -0.3 is 11.5 Å². The first kappa shape index (κ1) is 8.00. The number of halogens is 1. The van der Waals surface area contributed by atoms with Gasteiger partial charge in [-0.25, -0.2) is 9.97 Å². The standard InChI is InChI=1S/C6H7BrN4/c1-3(8)5-6(9)10-2-4(7)11-5/h2H,1,8H2,(H2,9,10). The van der Waals surface area contributed by atoms with Crippen molar-refractivity contribution < 1.29 is 0 Å². The molecule has 1 aromatic heterocycles. The molecule has 0 fully saturated rings. The maximum Gasteiger partial charge on any atom is 0.151 e. The summed E-state index contributed by atoms with van der Waals surface area (Å²) in [5.74, 6) is 0.292. The van der Waals surface area contributed by atoms with Crippen LogP contribution in [0.3, 0.4) is 0 Å². The molecule has 5 heteroatoms. The Labute approximate surface area is 72.5 Å². The smallest absolute Gasteiger partial charge is 0.151 e. The van der Waals surface area contributed by atoms with Crippen LogP contribution >= 0.6 is 15.9 Å². The van der Waals surface area contributed by atoms with E-state index in [0.717, 1.165) is 0 Å². The van der Waals surface area contributed by atoms with E-state index in [1.54, 1.807) is 0 Å². The molecule has 0 spiro atoms. The lowest BCUT2D eigenvalue weighted by Gasteiger charge is -2.01. The monoisotopic (exact) mass is 214 g/mol. The van der Waals surface area contributed by atoms with E-state index >= 15 is 0 Å². The van der Waals surface area contributed by atoms with E-state index in [1.807, 2.05) is 0 Å². The summed E-state index contributed by atoms with van der Waals surface area (Å²) in [6, 6.07) is 0. The van der Waals surface area contributed by atoms with Crippen LogP contribution in [-0.2, 0) is 0 Å². The van der Waals surface area contributed by atoms with Gasteiger partial charge in [0.25, 0.3) is 0 Å². The van der Waals surface area contributed by atoms with E-state index in [4.69, 9.17) is 11.5 Å². The first-order valence-corrected chi connectivity index (χ1v) is 3.63. The van der Waals surface area contributed by atoms with Crippen LogP contribution in [0, 0.1) is 0 Å². The Hall–Kier alpha value is -1.10. The third-order valence-electron chi connectivity index (χ3n) is 1.08. The highest BCUT2D eigenvalue weighted by molar-refractivity contribution is 9.10. The summed E-state index contributed by atoms with van der Waals surface area (Å²) in [6.07, 6.45) is 1.50. The highest BCUT2D eigenvalue weighted by Gasteiger charge is 2.03. The Bertz CT molecular complexity index is 297. The van der Waals surface area contributed by atoms with Crippen molar-refractivity contribution >= 4 is 27.4 Å². The second-order valence-electron chi connectivity index (χ2n) is 1.95. The molecule has 0 atom stereocenters. The molecule has 4 nitrogen and oxygen atoms in total. The second-order valence-corrected chi connectivity index (χ2v) is 2.76. The van der Waals surface area contributed by atoms with Gasteiger partial charge in [-0.1, -0.05) is 6.58 Å². The Morgan fingerprint density at radius 2 is 2.27 bits per heavy atom. The lowest BCUT2D eigenvalue weighted by molar-refractivity contribution is 1.14. The molecule has 0 saturated heterocycles. The molecule has 58 valence electrons. The zero-order valence-electron chi connectivity index (χ0n) is 5.71. The summed E-state index contributed by atoms with van der Waals surface area (Å²) >= 11 is 3.14. The van der Waals surface area contributed by atoms with Crippen LogP contribution in [-0.4, -0.2) is 9.97 Å². The molecule has 11 heavy (non-hydrogen) atoms. The molecule has 1 heterocycles. The third kappa shape index (κ3) is 1.68. The number of hydrogen-bond donors (Lipinski definition) is 2. The highest BCUT2D eigenvalue weighted by atomic mass is 79.9. The zero-order chi connectivity index (χ0) is 8.43. The molecule has 1 aromatic rings. The number of hydrogen-bond acceptors (Lipinski definition) is 4. The van der Waals surface area contributed by atoms with E-state index in [9.17, 15) is 0 Å². The minimum Gasteiger partial charge on any atom is -0.397 e. The van der Waals surface area contributed by atoms with Gasteiger partial charge in [0, 0.05) is 0 Å². The predicted octanol–water partition coefficient (Wildman–Crippen LogP) is 0.751. The fourth-order valence-electron chi connectivity index (χ4n) is 0.613. The lowest BCUT2D eigenvalue weighted by atomic mass is 10.3. The summed E-state index contributed by atoms with van der Waals surface area (Å²) in [5, 5.41) is 0. The van der Waals surface area contributed by atoms with Gasteiger partial charge in [0.05, 0.1) is 11.9 Å². The van der Waals surface area contributed by atoms with Crippen molar-refractivity contribution in [1.29, 1.82) is 0 Å². The number of nitrogens with zero attached hydrogens (tertiary/aromatic N) is 2. The van der Waals surface area contributed by atoms with Gasteiger partial charge in [0.15, 0.2) is 5.82 Å². The topological polar surface area (TPSA) is 77.8 Å². The SMILES string of the molecule is C=C(N)c1nc(Br)cnc1N. The molecule has 0 aliphatic rings. The second kappa shape index (κ2) is 2.87. The van der Waals surface area contributed by atoms with Crippen molar-refractivity contribution in [2.24, 2.45) is 5.73 Å². The Kier molecular flexibility index (Phi) is 2.09. The molecule has 0 unspecified atom stereocenters. The molecule has 0 amide bonds. The van der Waals surface area contributed by atoms with Crippen molar-refractivity contribution in [1.82, 2.24) is 9.97 Å². The van der Waals surface area contributed by atoms with Crippen LogP contribution in [0.2, 0.25) is 0 Å². The average Bonchev–Trinajstić information content (AvgIpc) is 1.94. The van der Waals surface area contributed by atoms with Crippen LogP contribution in [0.1, 0.15) is 5.69 Å². The van der Waals surface area contributed by atoms with E-state index in [0.29, 0.717) is 21.8 Å². The van der Waals surface area contributed by atoms with Gasteiger partial charge in [-0.3, -0.25) is 0 Å². The van der Waals surface area contributed by atoms with Crippen LogP contribution in [0.15, 0.2) is 17.4 Å². The lowest BCUT2D eigenvalue weighted by Crippen LogP contribution is -2.04. The molecule has 0 aliphatic heterocycles. The summed E-state index contributed by atoms with van der Waals surface area (Å²) in [4.78, 5) is 7.80. The molecule has 0 bridgehead atoms. The van der Waals surface area contributed by atoms with E-state index in [2.05, 4.69) is 32.5 Å². The van der Waals surface area contributed by atoms with Crippen molar-refractivity contribution in [3.05, 3.63) is 23.1 Å². The Balaban J connectivity index is 3.23. The largest absolute Gasteiger partial charge is 0.397 e. The highest BCUT2D eigenvalue weighted by Crippen LogP contribution is 2.13. The third-order valence-corrected chi connectivity index (χ3v) is 1.46. The van der Waals surface area contributed by atoms with Crippen molar-refractivity contribution in [2.45, 2.75) is 0 Å². The van der Waals surface area contributed by atoms with Gasteiger partial charge in [0.1, 0.15) is 10.3 Å².